The number of esters is 1. The first-order chi connectivity index (χ1) is 10.6. The second kappa shape index (κ2) is 6.47. The molecule has 0 N–H and O–H groups in total. The molecule has 0 radical (unpaired) electrons. The summed E-state index contributed by atoms with van der Waals surface area (Å²) < 4.78 is 10.5. The Bertz CT molecular complexity index is 491. The summed E-state index contributed by atoms with van der Waals surface area (Å²) in [5.41, 5.74) is -0.577. The molecular formula is C16H26N2O5. The number of ether oxygens (including phenoxy) is 2. The first kappa shape index (κ1) is 17.7. The third kappa shape index (κ3) is 3.83. The summed E-state index contributed by atoms with van der Waals surface area (Å²) in [6.45, 7) is 8.11. The van der Waals surface area contributed by atoms with Gasteiger partial charge in [-0.3, -0.25) is 14.5 Å². The number of carbonyl (C=O) groups excluding carboxylic acids is 3. The van der Waals surface area contributed by atoms with E-state index in [0.717, 1.165) is 0 Å². The molecule has 7 heteroatoms. The molecule has 0 aliphatic carbocycles. The number of piperidine rings is 1. The second-order valence-electron chi connectivity index (χ2n) is 7.17. The van der Waals surface area contributed by atoms with Gasteiger partial charge >= 0.3 is 12.1 Å². The van der Waals surface area contributed by atoms with E-state index < -0.39 is 23.6 Å². The fraction of sp³-hybridized carbons (Fsp3) is 0.812. The molecule has 3 atom stereocenters. The van der Waals surface area contributed by atoms with Gasteiger partial charge in [0, 0.05) is 31.6 Å². The van der Waals surface area contributed by atoms with Crippen molar-refractivity contribution >= 4 is 17.8 Å². The summed E-state index contributed by atoms with van der Waals surface area (Å²) >= 11 is 0. The molecule has 2 bridgehead atoms. The van der Waals surface area contributed by atoms with Crippen molar-refractivity contribution in [2.45, 2.75) is 51.8 Å². The molecular weight excluding hydrogens is 300 g/mol. The molecule has 0 unspecified atom stereocenters. The van der Waals surface area contributed by atoms with Gasteiger partial charge in [-0.05, 0) is 34.7 Å². The molecule has 2 rings (SSSR count). The molecule has 2 heterocycles. The average molecular weight is 326 g/mol. The molecule has 1 amide bonds. The maximum Gasteiger partial charge on any atom is 0.410 e. The van der Waals surface area contributed by atoms with E-state index in [-0.39, 0.29) is 37.4 Å². The van der Waals surface area contributed by atoms with Crippen LogP contribution in [0, 0.1) is 5.92 Å². The van der Waals surface area contributed by atoms with Crippen molar-refractivity contribution < 1.29 is 23.9 Å². The van der Waals surface area contributed by atoms with Crippen molar-refractivity contribution in [2.24, 2.45) is 5.92 Å². The van der Waals surface area contributed by atoms with Gasteiger partial charge in [-0.2, -0.15) is 0 Å². The molecule has 0 saturated carbocycles. The standard InChI is InChI=1S/C16H26N2O5/c1-6-22-14(20)13-11-9-18(15(21)23-16(2,3)4)8-10(17(11)5)7-12(13)19/h10-11,13H,6-9H2,1-5H3/t10-,11-,13-/m1/s1. The Balaban J connectivity index is 2.16. The number of fused-ring (bicyclic) bond motifs is 2. The van der Waals surface area contributed by atoms with E-state index in [1.807, 2.05) is 32.7 Å². The smallest absolute Gasteiger partial charge is 0.410 e. The van der Waals surface area contributed by atoms with Gasteiger partial charge in [-0.25, -0.2) is 4.79 Å². The number of nitrogens with zero attached hydrogens (tertiary/aromatic N) is 2. The fourth-order valence-electron chi connectivity index (χ4n) is 3.20. The highest BCUT2D eigenvalue weighted by molar-refractivity contribution is 6.01. The van der Waals surface area contributed by atoms with Crippen LogP contribution in [-0.2, 0) is 19.1 Å². The normalized spacial score (nSPS) is 28.5. The van der Waals surface area contributed by atoms with E-state index in [1.165, 1.54) is 0 Å². The largest absolute Gasteiger partial charge is 0.465 e. The zero-order valence-electron chi connectivity index (χ0n) is 14.5. The Morgan fingerprint density at radius 1 is 1.26 bits per heavy atom. The van der Waals surface area contributed by atoms with Crippen LogP contribution < -0.4 is 0 Å². The van der Waals surface area contributed by atoms with Crippen LogP contribution in [0.4, 0.5) is 4.79 Å². The molecule has 130 valence electrons. The Morgan fingerprint density at radius 2 is 1.91 bits per heavy atom. The van der Waals surface area contributed by atoms with E-state index in [0.29, 0.717) is 6.54 Å². The van der Waals surface area contributed by atoms with Gasteiger partial charge in [-0.15, -0.1) is 0 Å². The molecule has 2 fully saturated rings. The minimum absolute atomic E-state index is 0.0838. The van der Waals surface area contributed by atoms with E-state index in [2.05, 4.69) is 0 Å². The number of piperazine rings is 1. The van der Waals surface area contributed by atoms with E-state index >= 15 is 0 Å². The van der Waals surface area contributed by atoms with E-state index in [4.69, 9.17) is 9.47 Å². The predicted molar refractivity (Wildman–Crippen MR) is 82.9 cm³/mol. The molecule has 0 aromatic heterocycles. The van der Waals surface area contributed by atoms with E-state index in [9.17, 15) is 14.4 Å². The lowest BCUT2D eigenvalue weighted by Gasteiger charge is -2.49. The number of hydrogen-bond acceptors (Lipinski definition) is 6. The minimum Gasteiger partial charge on any atom is -0.465 e. The summed E-state index contributed by atoms with van der Waals surface area (Å²) in [6.07, 6.45) is -0.159. The van der Waals surface area contributed by atoms with Crippen molar-refractivity contribution in [3.05, 3.63) is 0 Å². The van der Waals surface area contributed by atoms with Crippen LogP contribution in [0.5, 0.6) is 0 Å². The maximum absolute atomic E-state index is 12.3. The molecule has 2 aliphatic rings. The summed E-state index contributed by atoms with van der Waals surface area (Å²) in [6, 6.07) is -0.444. The lowest BCUT2D eigenvalue weighted by Crippen LogP contribution is -2.67. The van der Waals surface area contributed by atoms with Crippen LogP contribution in [0.2, 0.25) is 0 Å². The number of Topliss-reactive ketones (excluding diaryl/α,β-unsaturated/α-hetero) is 1. The molecule has 0 aromatic carbocycles. The molecule has 2 saturated heterocycles. The number of rotatable bonds is 2. The molecule has 2 aliphatic heterocycles. The van der Waals surface area contributed by atoms with Gasteiger partial charge in [0.2, 0.25) is 0 Å². The van der Waals surface area contributed by atoms with Crippen LogP contribution in [0.15, 0.2) is 0 Å². The number of hydrogen-bond donors (Lipinski definition) is 0. The zero-order valence-corrected chi connectivity index (χ0v) is 14.5. The average Bonchev–Trinajstić information content (AvgIpc) is 2.38. The second-order valence-corrected chi connectivity index (χ2v) is 7.17. The number of amides is 1. The maximum atomic E-state index is 12.3. The van der Waals surface area contributed by atoms with Crippen LogP contribution >= 0.6 is 0 Å². The third-order valence-electron chi connectivity index (χ3n) is 4.30. The van der Waals surface area contributed by atoms with Crippen molar-refractivity contribution in [3.63, 3.8) is 0 Å². The number of likely N-dealkylation sites (N-methyl/N-ethyl adjacent to an activating group) is 1. The van der Waals surface area contributed by atoms with E-state index in [1.54, 1.807) is 11.8 Å². The molecule has 0 spiro atoms. The monoisotopic (exact) mass is 326 g/mol. The SMILES string of the molecule is CCOC(=O)[C@H]1C(=O)C[C@@H]2CN(C(=O)OC(C)(C)C)C[C@H]1N2C. The third-order valence-corrected chi connectivity index (χ3v) is 4.30. The Hall–Kier alpha value is -1.63. The number of carbonyl (C=O) groups is 3. The quantitative estimate of drug-likeness (QED) is 0.558. The summed E-state index contributed by atoms with van der Waals surface area (Å²) in [5.74, 6) is -1.43. The van der Waals surface area contributed by atoms with Crippen molar-refractivity contribution in [1.82, 2.24) is 9.80 Å². The van der Waals surface area contributed by atoms with Crippen LogP contribution in [-0.4, -0.2) is 72.1 Å². The van der Waals surface area contributed by atoms with Gasteiger partial charge in [0.1, 0.15) is 17.3 Å². The number of ketones is 1. The van der Waals surface area contributed by atoms with Crippen molar-refractivity contribution in [1.29, 1.82) is 0 Å². The molecule has 7 nitrogen and oxygen atoms in total. The minimum atomic E-state index is -0.832. The highest BCUT2D eigenvalue weighted by atomic mass is 16.6. The molecule has 0 aromatic rings. The molecule has 23 heavy (non-hydrogen) atoms. The van der Waals surface area contributed by atoms with Gasteiger partial charge in [0.15, 0.2) is 0 Å². The van der Waals surface area contributed by atoms with Crippen LogP contribution in [0.25, 0.3) is 0 Å². The topological polar surface area (TPSA) is 76.2 Å². The summed E-state index contributed by atoms with van der Waals surface area (Å²) in [7, 11) is 1.89. The van der Waals surface area contributed by atoms with Crippen molar-refractivity contribution in [2.75, 3.05) is 26.7 Å². The fourth-order valence-corrected chi connectivity index (χ4v) is 3.20. The lowest BCUT2D eigenvalue weighted by atomic mass is 9.81. The Labute approximate surface area is 136 Å². The van der Waals surface area contributed by atoms with Gasteiger partial charge < -0.3 is 14.4 Å². The highest BCUT2D eigenvalue weighted by Gasteiger charge is 2.50. The Kier molecular flexibility index (Phi) is 4.98. The Morgan fingerprint density at radius 3 is 2.48 bits per heavy atom. The van der Waals surface area contributed by atoms with Gasteiger partial charge in [0.25, 0.3) is 0 Å². The first-order valence-electron chi connectivity index (χ1n) is 8.03. The predicted octanol–water partition coefficient (Wildman–Crippen LogP) is 1.06. The number of likely N-dealkylation sites (tertiary alicyclic amines) is 1. The van der Waals surface area contributed by atoms with Crippen LogP contribution in [0.1, 0.15) is 34.1 Å². The zero-order chi connectivity index (χ0) is 17.4. The van der Waals surface area contributed by atoms with Crippen LogP contribution in [0.3, 0.4) is 0 Å². The van der Waals surface area contributed by atoms with Gasteiger partial charge in [0.05, 0.1) is 6.61 Å². The summed E-state index contributed by atoms with van der Waals surface area (Å²) in [5, 5.41) is 0. The highest BCUT2D eigenvalue weighted by Crippen LogP contribution is 2.31. The van der Waals surface area contributed by atoms with Crippen molar-refractivity contribution in [3.8, 4) is 0 Å². The summed E-state index contributed by atoms with van der Waals surface area (Å²) in [4.78, 5) is 40.4. The lowest BCUT2D eigenvalue weighted by molar-refractivity contribution is -0.161. The van der Waals surface area contributed by atoms with Gasteiger partial charge in [-0.1, -0.05) is 0 Å². The first-order valence-corrected chi connectivity index (χ1v) is 8.03.